The summed E-state index contributed by atoms with van der Waals surface area (Å²) in [7, 11) is 0. The van der Waals surface area contributed by atoms with E-state index in [9.17, 15) is 61.0 Å². The smallest absolute Gasteiger partial charge is 0.220 e. The maximum Gasteiger partial charge on any atom is 0.220 e. The SMILES string of the molecule is CC/C=C\C/C=C\C/C=C\C/C=C\C/C=C\C/C=C\C/C=C\CCCCCCCCCCCCCC(=O)NC(COC1OC(CO)C(OC2OC(CO)C(OC3OC(CO)C(O)C(O)C3O)C(O)C2O)C(O)C1O)C(O)/C=C/CC/C=C/CCCCCCCCC. The van der Waals surface area contributed by atoms with Gasteiger partial charge in [-0.25, -0.2) is 0 Å². The molecule has 3 aliphatic rings. The van der Waals surface area contributed by atoms with Crippen molar-refractivity contribution in [2.24, 2.45) is 0 Å². The minimum absolute atomic E-state index is 0.225. The highest BCUT2D eigenvalue weighted by molar-refractivity contribution is 5.76. The van der Waals surface area contributed by atoms with Gasteiger partial charge >= 0.3 is 0 Å². The first-order valence-electron chi connectivity index (χ1n) is 34.6. The molecule has 1 amide bonds. The summed E-state index contributed by atoms with van der Waals surface area (Å²) in [6, 6.07) is -0.998. The summed E-state index contributed by atoms with van der Waals surface area (Å²) in [5.41, 5.74) is 0. The molecule has 19 heteroatoms. The summed E-state index contributed by atoms with van der Waals surface area (Å²) in [6.07, 6.45) is 43.6. The summed E-state index contributed by atoms with van der Waals surface area (Å²) in [6.45, 7) is 1.56. The summed E-state index contributed by atoms with van der Waals surface area (Å²) in [4.78, 5) is 13.4. The van der Waals surface area contributed by atoms with Crippen LogP contribution in [-0.4, -0.2) is 193 Å². The first-order chi connectivity index (χ1) is 44.3. The monoisotopic (exact) mass is 1290 g/mol. The third kappa shape index (κ3) is 34.6. The van der Waals surface area contributed by atoms with Crippen LogP contribution in [0.5, 0.6) is 0 Å². The Bertz CT molecular complexity index is 2070. The number of allylic oxidation sites excluding steroid dienone is 17. The number of amides is 1. The summed E-state index contributed by atoms with van der Waals surface area (Å²) in [5, 5.41) is 120. The van der Waals surface area contributed by atoms with Gasteiger partial charge < -0.3 is 89.9 Å². The van der Waals surface area contributed by atoms with Gasteiger partial charge in [0.05, 0.1) is 38.6 Å². The third-order valence-corrected chi connectivity index (χ3v) is 16.6. The first-order valence-corrected chi connectivity index (χ1v) is 34.6. The van der Waals surface area contributed by atoms with Crippen molar-refractivity contribution >= 4 is 5.91 Å². The fraction of sp³-hybridized carbons (Fsp3) is 0.736. The van der Waals surface area contributed by atoms with Crippen LogP contribution >= 0.6 is 0 Å². The fourth-order valence-corrected chi connectivity index (χ4v) is 11.0. The molecule has 3 saturated heterocycles. The lowest BCUT2D eigenvalue weighted by Crippen LogP contribution is -2.66. The van der Waals surface area contributed by atoms with Gasteiger partial charge in [0.2, 0.25) is 5.91 Å². The zero-order chi connectivity index (χ0) is 66.1. The second-order valence-electron chi connectivity index (χ2n) is 24.2. The molecule has 3 heterocycles. The number of rotatable bonds is 51. The van der Waals surface area contributed by atoms with Crippen molar-refractivity contribution in [3.05, 3.63) is 109 Å². The van der Waals surface area contributed by atoms with Crippen molar-refractivity contribution in [1.29, 1.82) is 0 Å². The standard InChI is InChI=1S/C72H121NO18/c1-3-5-7-9-11-13-15-17-18-19-20-21-22-23-24-25-26-27-28-29-30-31-32-33-34-35-36-38-40-42-44-46-48-50-60(78)73-55(56(77)49-47-45-43-41-39-37-16-14-12-10-8-6-4-2)54-86-70-66(84)63(81)68(58(52-75)88-70)91-72-67(85)64(82)69(59(53-76)89-72)90-71-65(83)62(80)61(79)57(51-74)87-71/h5,7,11,13,17-18,20-21,23-24,26-27,29-30,39,41,47,49,55-59,61-72,74-77,79-85H,3-4,6,8-10,12,14-16,19,22,25,28,31-38,40,42-46,48,50-54H2,1-2H3,(H,73,78)/b7-5-,13-11-,18-17-,21-20-,24-23-,27-26-,30-29-,41-39+,49-47+. The summed E-state index contributed by atoms with van der Waals surface area (Å²) in [5.74, 6) is -0.295. The van der Waals surface area contributed by atoms with Crippen LogP contribution < -0.4 is 5.32 Å². The molecule has 3 fully saturated rings. The number of ether oxygens (including phenoxy) is 6. The predicted octanol–water partition coefficient (Wildman–Crippen LogP) is 9.05. The largest absolute Gasteiger partial charge is 0.394 e. The highest BCUT2D eigenvalue weighted by Crippen LogP contribution is 2.33. The number of unbranched alkanes of at least 4 members (excludes halogenated alkanes) is 19. The molecule has 0 spiro atoms. The third-order valence-electron chi connectivity index (χ3n) is 16.6. The van der Waals surface area contributed by atoms with E-state index in [1.165, 1.54) is 77.0 Å². The van der Waals surface area contributed by atoms with E-state index in [0.717, 1.165) is 96.3 Å². The maximum atomic E-state index is 13.4. The average Bonchev–Trinajstić information content (AvgIpc) is 0.871. The van der Waals surface area contributed by atoms with Crippen molar-refractivity contribution in [3.8, 4) is 0 Å². The lowest BCUT2D eigenvalue weighted by molar-refractivity contribution is -0.379. The lowest BCUT2D eigenvalue weighted by atomic mass is 9.96. The molecule has 0 aromatic heterocycles. The van der Waals surface area contributed by atoms with E-state index < -0.39 is 124 Å². The van der Waals surface area contributed by atoms with Gasteiger partial charge in [-0.05, 0) is 89.9 Å². The van der Waals surface area contributed by atoms with E-state index in [4.69, 9.17) is 28.4 Å². The van der Waals surface area contributed by atoms with Crippen molar-refractivity contribution in [2.45, 2.75) is 311 Å². The number of nitrogens with one attached hydrogen (secondary N) is 1. The second kappa shape index (κ2) is 52.7. The zero-order valence-electron chi connectivity index (χ0n) is 55.0. The van der Waals surface area contributed by atoms with Crippen LogP contribution in [-0.2, 0) is 33.2 Å². The van der Waals surface area contributed by atoms with E-state index in [2.05, 4.69) is 116 Å². The van der Waals surface area contributed by atoms with Gasteiger partial charge in [-0.1, -0.05) is 220 Å². The van der Waals surface area contributed by atoms with Crippen molar-refractivity contribution < 1.29 is 89.4 Å². The topological polar surface area (TPSA) is 307 Å². The molecule has 3 rings (SSSR count). The number of hydrogen-bond acceptors (Lipinski definition) is 18. The molecule has 0 aromatic rings. The summed E-state index contributed by atoms with van der Waals surface area (Å²) >= 11 is 0. The first kappa shape index (κ1) is 81.7. The van der Waals surface area contributed by atoms with Gasteiger partial charge in [0.1, 0.15) is 73.2 Å². The minimum Gasteiger partial charge on any atom is -0.394 e. The molecule has 17 atom stereocenters. The van der Waals surface area contributed by atoms with E-state index >= 15 is 0 Å². The van der Waals surface area contributed by atoms with Crippen LogP contribution in [0.3, 0.4) is 0 Å². The molecule has 12 N–H and O–H groups in total. The Balaban J connectivity index is 1.38. The van der Waals surface area contributed by atoms with Crippen LogP contribution in [0.4, 0.5) is 0 Å². The van der Waals surface area contributed by atoms with Gasteiger partial charge in [0, 0.05) is 6.42 Å². The Kier molecular flexibility index (Phi) is 47.3. The molecule has 91 heavy (non-hydrogen) atoms. The molecule has 0 saturated carbocycles. The van der Waals surface area contributed by atoms with Gasteiger partial charge in [-0.2, -0.15) is 0 Å². The average molecular weight is 1290 g/mol. The number of aliphatic hydroxyl groups excluding tert-OH is 11. The molecule has 522 valence electrons. The van der Waals surface area contributed by atoms with Gasteiger partial charge in [0.25, 0.3) is 0 Å². The predicted molar refractivity (Wildman–Crippen MR) is 355 cm³/mol. The van der Waals surface area contributed by atoms with Gasteiger partial charge in [-0.15, -0.1) is 0 Å². The number of carbonyl (C=O) groups excluding carboxylic acids is 1. The molecule has 3 aliphatic heterocycles. The van der Waals surface area contributed by atoms with Crippen molar-refractivity contribution in [1.82, 2.24) is 5.32 Å². The molecule has 19 nitrogen and oxygen atoms in total. The molecule has 0 aromatic carbocycles. The Labute approximate surface area is 545 Å². The van der Waals surface area contributed by atoms with E-state index in [1.54, 1.807) is 6.08 Å². The minimum atomic E-state index is -1.99. The number of aliphatic hydroxyl groups is 11. The van der Waals surface area contributed by atoms with Crippen LogP contribution in [0, 0.1) is 0 Å². The highest BCUT2D eigenvalue weighted by Gasteiger charge is 2.53. The molecule has 0 radical (unpaired) electrons. The molecule has 0 aliphatic carbocycles. The molecule has 17 unspecified atom stereocenters. The molecular formula is C72H121NO18. The Morgan fingerprint density at radius 1 is 0.407 bits per heavy atom. The Hall–Kier alpha value is -3.55. The molecular weight excluding hydrogens is 1170 g/mol. The van der Waals surface area contributed by atoms with E-state index in [-0.39, 0.29) is 18.9 Å². The normalized spacial score (nSPS) is 28.6. The Morgan fingerprint density at radius 2 is 0.769 bits per heavy atom. The van der Waals surface area contributed by atoms with Crippen LogP contribution in [0.25, 0.3) is 0 Å². The van der Waals surface area contributed by atoms with E-state index in [1.807, 2.05) is 6.08 Å². The quantitative estimate of drug-likeness (QED) is 0.0200. The van der Waals surface area contributed by atoms with Crippen molar-refractivity contribution in [2.75, 3.05) is 26.4 Å². The van der Waals surface area contributed by atoms with Crippen LogP contribution in [0.1, 0.15) is 206 Å². The fourth-order valence-electron chi connectivity index (χ4n) is 11.0. The number of hydrogen-bond donors (Lipinski definition) is 12. The van der Waals surface area contributed by atoms with E-state index in [0.29, 0.717) is 12.8 Å². The van der Waals surface area contributed by atoms with Gasteiger partial charge in [0.15, 0.2) is 18.9 Å². The highest BCUT2D eigenvalue weighted by atomic mass is 16.8. The Morgan fingerprint density at radius 3 is 1.23 bits per heavy atom. The zero-order valence-corrected chi connectivity index (χ0v) is 55.0. The van der Waals surface area contributed by atoms with Crippen LogP contribution in [0.15, 0.2) is 109 Å². The van der Waals surface area contributed by atoms with Crippen molar-refractivity contribution in [3.63, 3.8) is 0 Å². The van der Waals surface area contributed by atoms with Gasteiger partial charge in [-0.3, -0.25) is 4.79 Å². The number of carbonyl (C=O) groups is 1. The van der Waals surface area contributed by atoms with Crippen LogP contribution in [0.2, 0.25) is 0 Å². The lowest BCUT2D eigenvalue weighted by Gasteiger charge is -2.48. The summed E-state index contributed by atoms with van der Waals surface area (Å²) < 4.78 is 34.3. The second-order valence-corrected chi connectivity index (χ2v) is 24.2. The maximum absolute atomic E-state index is 13.4. The molecule has 0 bridgehead atoms.